The van der Waals surface area contributed by atoms with Gasteiger partial charge in [0.2, 0.25) is 5.91 Å². The Morgan fingerprint density at radius 3 is 2.34 bits per heavy atom. The number of carbonyl (C=O) groups excluding carboxylic acids is 3. The summed E-state index contributed by atoms with van der Waals surface area (Å²) in [5.74, 6) is -1.85. The number of hydrogen-bond donors (Lipinski definition) is 4. The van der Waals surface area contributed by atoms with Crippen LogP contribution in [0.5, 0.6) is 0 Å². The van der Waals surface area contributed by atoms with Gasteiger partial charge in [-0.3, -0.25) is 19.3 Å². The Morgan fingerprint density at radius 1 is 0.915 bits per heavy atom. The Morgan fingerprint density at radius 2 is 1.64 bits per heavy atom. The van der Waals surface area contributed by atoms with Gasteiger partial charge in [0, 0.05) is 24.8 Å². The highest BCUT2D eigenvalue weighted by atomic mass is 16.6. The van der Waals surface area contributed by atoms with E-state index in [4.69, 9.17) is 9.84 Å². The summed E-state index contributed by atoms with van der Waals surface area (Å²) in [5, 5.41) is 17.3. The van der Waals surface area contributed by atoms with Gasteiger partial charge in [-0.25, -0.2) is 9.78 Å². The number of aromatic nitrogens is 1. The van der Waals surface area contributed by atoms with Crippen molar-refractivity contribution >= 4 is 29.6 Å². The molecule has 0 radical (unpaired) electrons. The fourth-order valence-corrected chi connectivity index (χ4v) is 4.81. The molecule has 3 aromatic rings. The zero-order valence-corrected chi connectivity index (χ0v) is 28.0. The van der Waals surface area contributed by atoms with Gasteiger partial charge in [0.25, 0.3) is 5.91 Å². The molecule has 252 valence electrons. The number of aryl methyl sites for hydroxylation is 2. The van der Waals surface area contributed by atoms with Crippen LogP contribution in [0.15, 0.2) is 60.8 Å². The molecule has 11 nitrogen and oxygen atoms in total. The topological polar surface area (TPSA) is 150 Å². The van der Waals surface area contributed by atoms with Crippen LogP contribution in [-0.4, -0.2) is 70.6 Å². The van der Waals surface area contributed by atoms with Crippen LogP contribution in [0, 0.1) is 6.92 Å². The van der Waals surface area contributed by atoms with Crippen molar-refractivity contribution in [3.8, 4) is 11.1 Å². The smallest absolute Gasteiger partial charge is 0.411 e. The van der Waals surface area contributed by atoms with E-state index in [2.05, 4.69) is 27.9 Å². The van der Waals surface area contributed by atoms with Crippen molar-refractivity contribution in [2.24, 2.45) is 0 Å². The van der Waals surface area contributed by atoms with Crippen molar-refractivity contribution in [2.75, 3.05) is 31.5 Å². The highest BCUT2D eigenvalue weighted by molar-refractivity contribution is 6.03. The van der Waals surface area contributed by atoms with Crippen LogP contribution in [0.2, 0.25) is 0 Å². The zero-order chi connectivity index (χ0) is 34.4. The molecule has 0 saturated carbocycles. The fraction of sp³-hybridized carbons (Fsp3) is 0.417. The quantitative estimate of drug-likeness (QED) is 0.148. The second-order valence-electron chi connectivity index (χ2n) is 12.4. The molecule has 0 aliphatic rings. The molecule has 3 rings (SSSR count). The summed E-state index contributed by atoms with van der Waals surface area (Å²) in [4.78, 5) is 56.4. The standard InChI is InChI=1S/C36H47N5O6/c1-6-26-13-11-15-28(19-26)29-20-30(33(39-21-29)34(45)38-17-9-7-8-16-37-22-32(43)44)40-31(42)24-41(35(46)47-36(3,4)5)23-27-14-10-12-25(2)18-27/h10-15,18-21,37H,6-9,16-17,22-24H2,1-5H3,(H,38,45)(H,40,42)(H,43,44). The molecule has 0 bridgehead atoms. The second-order valence-corrected chi connectivity index (χ2v) is 12.4. The predicted octanol–water partition coefficient (Wildman–Crippen LogP) is 5.57. The minimum atomic E-state index is -0.902. The number of ether oxygens (including phenoxy) is 1. The van der Waals surface area contributed by atoms with Crippen molar-refractivity contribution in [3.05, 3.63) is 83.2 Å². The number of rotatable bonds is 16. The molecule has 11 heteroatoms. The lowest BCUT2D eigenvalue weighted by Gasteiger charge is -2.27. The van der Waals surface area contributed by atoms with Crippen LogP contribution in [0.1, 0.15) is 74.1 Å². The molecule has 0 atom stereocenters. The van der Waals surface area contributed by atoms with E-state index in [0.717, 1.165) is 47.1 Å². The molecule has 0 aliphatic heterocycles. The maximum absolute atomic E-state index is 13.5. The average Bonchev–Trinajstić information content (AvgIpc) is 3.01. The number of amides is 3. The van der Waals surface area contributed by atoms with Gasteiger partial charge in [0.1, 0.15) is 12.1 Å². The normalized spacial score (nSPS) is 11.1. The summed E-state index contributed by atoms with van der Waals surface area (Å²) in [6, 6.07) is 17.4. The number of anilines is 1. The summed E-state index contributed by atoms with van der Waals surface area (Å²) in [7, 11) is 0. The fourth-order valence-electron chi connectivity index (χ4n) is 4.81. The van der Waals surface area contributed by atoms with E-state index in [0.29, 0.717) is 19.5 Å². The van der Waals surface area contributed by atoms with Gasteiger partial charge < -0.3 is 25.8 Å². The van der Waals surface area contributed by atoms with Crippen LogP contribution < -0.4 is 16.0 Å². The molecule has 47 heavy (non-hydrogen) atoms. The van der Waals surface area contributed by atoms with Gasteiger partial charge in [0.05, 0.1) is 12.2 Å². The maximum Gasteiger partial charge on any atom is 0.411 e. The highest BCUT2D eigenvalue weighted by Crippen LogP contribution is 2.26. The largest absolute Gasteiger partial charge is 0.480 e. The van der Waals surface area contributed by atoms with E-state index in [1.807, 2.05) is 55.5 Å². The molecule has 0 unspecified atom stereocenters. The first-order valence-corrected chi connectivity index (χ1v) is 16.0. The molecule has 0 spiro atoms. The molecule has 0 aliphatic carbocycles. The third-order valence-electron chi connectivity index (χ3n) is 7.08. The Labute approximate surface area is 277 Å². The molecule has 2 aromatic carbocycles. The predicted molar refractivity (Wildman–Crippen MR) is 182 cm³/mol. The number of aliphatic carboxylic acids is 1. The number of carboxylic acid groups (broad SMARTS) is 1. The van der Waals surface area contributed by atoms with Crippen molar-refractivity contribution in [1.82, 2.24) is 20.5 Å². The van der Waals surface area contributed by atoms with Gasteiger partial charge in [-0.05, 0) is 76.3 Å². The zero-order valence-electron chi connectivity index (χ0n) is 28.0. The molecule has 1 heterocycles. The Bertz CT molecular complexity index is 1530. The third kappa shape index (κ3) is 12.9. The Balaban J connectivity index is 1.80. The van der Waals surface area contributed by atoms with Crippen LogP contribution in [-0.2, 0) is 27.3 Å². The Hall–Kier alpha value is -4.77. The summed E-state index contributed by atoms with van der Waals surface area (Å²) >= 11 is 0. The lowest BCUT2D eigenvalue weighted by atomic mass is 10.0. The van der Waals surface area contributed by atoms with Crippen molar-refractivity contribution < 1.29 is 29.0 Å². The van der Waals surface area contributed by atoms with Gasteiger partial charge in [-0.1, -0.05) is 67.4 Å². The monoisotopic (exact) mass is 645 g/mol. The van der Waals surface area contributed by atoms with Gasteiger partial charge in [0.15, 0.2) is 5.69 Å². The minimum Gasteiger partial charge on any atom is -0.480 e. The first-order chi connectivity index (χ1) is 22.3. The lowest BCUT2D eigenvalue weighted by molar-refractivity contribution is -0.136. The van der Waals surface area contributed by atoms with Gasteiger partial charge in [-0.2, -0.15) is 0 Å². The summed E-state index contributed by atoms with van der Waals surface area (Å²) < 4.78 is 5.61. The van der Waals surface area contributed by atoms with E-state index in [9.17, 15) is 19.2 Å². The molecule has 0 saturated heterocycles. The number of carboxylic acids is 1. The number of nitrogens with one attached hydrogen (secondary N) is 3. The number of pyridine rings is 1. The Kier molecular flexibility index (Phi) is 13.9. The molecule has 3 amide bonds. The van der Waals surface area contributed by atoms with Crippen molar-refractivity contribution in [3.63, 3.8) is 0 Å². The SMILES string of the molecule is CCc1cccc(-c2cnc(C(=O)NCCCCCNCC(=O)O)c(NC(=O)CN(Cc3cccc(C)c3)C(=O)OC(C)(C)C)c2)c1. The van der Waals surface area contributed by atoms with Crippen molar-refractivity contribution in [1.29, 1.82) is 0 Å². The number of nitrogens with zero attached hydrogens (tertiary/aromatic N) is 2. The third-order valence-corrected chi connectivity index (χ3v) is 7.08. The van der Waals surface area contributed by atoms with Gasteiger partial charge >= 0.3 is 12.1 Å². The number of benzene rings is 2. The molecule has 4 N–H and O–H groups in total. The summed E-state index contributed by atoms with van der Waals surface area (Å²) in [6.07, 6.45) is 4.07. The first kappa shape index (κ1) is 36.7. The molecular weight excluding hydrogens is 598 g/mol. The van der Waals surface area contributed by atoms with Crippen LogP contribution >= 0.6 is 0 Å². The lowest BCUT2D eigenvalue weighted by Crippen LogP contribution is -2.41. The van der Waals surface area contributed by atoms with Gasteiger partial charge in [-0.15, -0.1) is 0 Å². The first-order valence-electron chi connectivity index (χ1n) is 16.0. The van der Waals surface area contributed by atoms with E-state index in [1.54, 1.807) is 33.0 Å². The van der Waals surface area contributed by atoms with E-state index >= 15 is 0 Å². The second kappa shape index (κ2) is 17.8. The van der Waals surface area contributed by atoms with Crippen LogP contribution in [0.25, 0.3) is 11.1 Å². The highest BCUT2D eigenvalue weighted by Gasteiger charge is 2.25. The molecule has 0 fully saturated rings. The number of hydrogen-bond acceptors (Lipinski definition) is 7. The van der Waals surface area contributed by atoms with E-state index in [1.165, 1.54) is 4.90 Å². The van der Waals surface area contributed by atoms with E-state index < -0.39 is 29.5 Å². The van der Waals surface area contributed by atoms with E-state index in [-0.39, 0.29) is 31.0 Å². The average molecular weight is 646 g/mol. The number of carbonyl (C=O) groups is 4. The summed E-state index contributed by atoms with van der Waals surface area (Å²) in [5.41, 5.74) is 4.15. The van der Waals surface area contributed by atoms with Crippen molar-refractivity contribution in [2.45, 2.75) is 72.4 Å². The van der Waals surface area contributed by atoms with Crippen LogP contribution in [0.4, 0.5) is 10.5 Å². The minimum absolute atomic E-state index is 0.0550. The summed E-state index contributed by atoms with van der Waals surface area (Å²) in [6.45, 7) is 10.0. The number of unbranched alkanes of at least 4 members (excludes halogenated alkanes) is 2. The molecular formula is C36H47N5O6. The molecule has 1 aromatic heterocycles. The van der Waals surface area contributed by atoms with Crippen LogP contribution in [0.3, 0.4) is 0 Å². The maximum atomic E-state index is 13.5.